The molecule has 0 saturated heterocycles. The van der Waals surface area contributed by atoms with Crippen LogP contribution in [0.15, 0.2) is 4.79 Å². The number of hydrogen-bond acceptors (Lipinski definition) is 3. The highest BCUT2D eigenvalue weighted by molar-refractivity contribution is 5.96. The molecule has 3 N–H and O–H groups in total. The molecule has 6 heteroatoms. The van der Waals surface area contributed by atoms with E-state index in [-0.39, 0.29) is 11.3 Å². The Kier molecular flexibility index (Phi) is 4.90. The van der Waals surface area contributed by atoms with Gasteiger partial charge in [0.05, 0.1) is 33.7 Å². The molecule has 1 amide bonds. The molecule has 1 aromatic heterocycles. The van der Waals surface area contributed by atoms with Gasteiger partial charge in [0.1, 0.15) is 11.3 Å². The van der Waals surface area contributed by atoms with Crippen molar-refractivity contribution in [2.24, 2.45) is 0 Å². The summed E-state index contributed by atoms with van der Waals surface area (Å²) in [5.41, 5.74) is 0.845. The molecule has 22 heavy (non-hydrogen) atoms. The van der Waals surface area contributed by atoms with Gasteiger partial charge >= 0.3 is 0 Å². The van der Waals surface area contributed by atoms with Crippen molar-refractivity contribution >= 4 is 5.91 Å². The van der Waals surface area contributed by atoms with Gasteiger partial charge in [0, 0.05) is 11.3 Å². The van der Waals surface area contributed by atoms with E-state index >= 15 is 0 Å². The quantitative estimate of drug-likeness (QED) is 0.703. The van der Waals surface area contributed by atoms with Crippen molar-refractivity contribution in [1.29, 1.82) is 0 Å². The zero-order chi connectivity index (χ0) is 16.3. The van der Waals surface area contributed by atoms with Gasteiger partial charge in [0.25, 0.3) is 11.5 Å². The number of nitrogens with zero attached hydrogens (tertiary/aromatic N) is 1. The summed E-state index contributed by atoms with van der Waals surface area (Å²) in [6.07, 6.45) is 3.42. The lowest BCUT2D eigenvalue weighted by atomic mass is 9.93. The summed E-state index contributed by atoms with van der Waals surface area (Å²) in [5.74, 6) is -0.636. The van der Waals surface area contributed by atoms with Gasteiger partial charge in [-0.05, 0) is 32.6 Å². The number of likely N-dealkylation sites (N-methyl/N-ethyl adjacent to an activating group) is 1. The zero-order valence-corrected chi connectivity index (χ0v) is 13.7. The van der Waals surface area contributed by atoms with Gasteiger partial charge in [-0.1, -0.05) is 0 Å². The SMILES string of the molecule is CC[N+](C)(C)CCNC(=O)c1c(O)c2c([nH]c1=O)CCCC2. The number of hydrogen-bond donors (Lipinski definition) is 3. The van der Waals surface area contributed by atoms with Crippen LogP contribution in [0.25, 0.3) is 0 Å². The summed E-state index contributed by atoms with van der Waals surface area (Å²) >= 11 is 0. The lowest BCUT2D eigenvalue weighted by molar-refractivity contribution is -0.887. The zero-order valence-electron chi connectivity index (χ0n) is 13.7. The minimum atomic E-state index is -0.500. The second-order valence-corrected chi connectivity index (χ2v) is 6.57. The lowest BCUT2D eigenvalue weighted by Crippen LogP contribution is -2.45. The molecule has 0 fully saturated rings. The van der Waals surface area contributed by atoms with Crippen LogP contribution in [0.4, 0.5) is 0 Å². The Morgan fingerprint density at radius 1 is 1.32 bits per heavy atom. The maximum atomic E-state index is 12.2. The average Bonchev–Trinajstić information content (AvgIpc) is 2.47. The number of carbonyl (C=O) groups is 1. The van der Waals surface area contributed by atoms with Crippen molar-refractivity contribution in [2.75, 3.05) is 33.7 Å². The van der Waals surface area contributed by atoms with Gasteiger partial charge in [0.15, 0.2) is 0 Å². The molecule has 0 atom stereocenters. The maximum Gasteiger partial charge on any atom is 0.264 e. The minimum absolute atomic E-state index is 0.139. The smallest absolute Gasteiger partial charge is 0.264 e. The van der Waals surface area contributed by atoms with Crippen LogP contribution >= 0.6 is 0 Å². The van der Waals surface area contributed by atoms with Crippen LogP contribution in [0.3, 0.4) is 0 Å². The normalized spacial score (nSPS) is 14.5. The number of aromatic nitrogens is 1. The molecular weight excluding hydrogens is 282 g/mol. The summed E-state index contributed by atoms with van der Waals surface area (Å²) in [4.78, 5) is 27.1. The number of nitrogens with one attached hydrogen (secondary N) is 2. The molecule has 1 aliphatic carbocycles. The Hall–Kier alpha value is -1.82. The van der Waals surface area contributed by atoms with E-state index in [2.05, 4.69) is 31.3 Å². The van der Waals surface area contributed by atoms with E-state index in [4.69, 9.17) is 0 Å². The molecule has 2 rings (SSSR count). The van der Waals surface area contributed by atoms with Crippen LogP contribution in [0.2, 0.25) is 0 Å². The Balaban J connectivity index is 2.15. The van der Waals surface area contributed by atoms with Crippen molar-refractivity contribution < 1.29 is 14.4 Å². The molecule has 0 unspecified atom stereocenters. The number of carbonyl (C=O) groups excluding carboxylic acids is 1. The number of aryl methyl sites for hydroxylation is 1. The van der Waals surface area contributed by atoms with E-state index in [0.29, 0.717) is 13.0 Å². The van der Waals surface area contributed by atoms with Crippen molar-refractivity contribution in [3.8, 4) is 5.75 Å². The number of amides is 1. The second kappa shape index (κ2) is 6.52. The first kappa shape index (κ1) is 16.5. The Labute approximate surface area is 130 Å². The Bertz CT molecular complexity index is 620. The predicted octanol–water partition coefficient (Wildman–Crippen LogP) is 0.785. The van der Waals surface area contributed by atoms with Crippen LogP contribution < -0.4 is 10.9 Å². The van der Waals surface area contributed by atoms with E-state index in [0.717, 1.165) is 48.1 Å². The fourth-order valence-electron chi connectivity index (χ4n) is 2.69. The molecule has 6 nitrogen and oxygen atoms in total. The van der Waals surface area contributed by atoms with Gasteiger partial charge in [-0.15, -0.1) is 0 Å². The van der Waals surface area contributed by atoms with Gasteiger partial charge in [0.2, 0.25) is 0 Å². The summed E-state index contributed by atoms with van der Waals surface area (Å²) in [6.45, 7) is 4.28. The summed E-state index contributed by atoms with van der Waals surface area (Å²) < 4.78 is 0.785. The van der Waals surface area contributed by atoms with Crippen LogP contribution in [-0.2, 0) is 12.8 Å². The third-order valence-electron chi connectivity index (χ3n) is 4.57. The molecule has 0 spiro atoms. The van der Waals surface area contributed by atoms with Gasteiger partial charge < -0.3 is 19.9 Å². The maximum absolute atomic E-state index is 12.2. The number of fused-ring (bicyclic) bond motifs is 1. The molecule has 0 aliphatic heterocycles. The minimum Gasteiger partial charge on any atom is -0.507 e. The van der Waals surface area contributed by atoms with E-state index < -0.39 is 11.5 Å². The van der Waals surface area contributed by atoms with Crippen LogP contribution in [0.5, 0.6) is 5.75 Å². The summed E-state index contributed by atoms with van der Waals surface area (Å²) in [7, 11) is 4.16. The molecule has 1 aliphatic rings. The molecule has 1 aromatic rings. The predicted molar refractivity (Wildman–Crippen MR) is 85.2 cm³/mol. The van der Waals surface area contributed by atoms with Crippen LogP contribution in [-0.4, -0.2) is 54.2 Å². The van der Waals surface area contributed by atoms with Crippen LogP contribution in [0.1, 0.15) is 41.4 Å². The number of pyridine rings is 1. The topological polar surface area (TPSA) is 82.2 Å². The highest BCUT2D eigenvalue weighted by Crippen LogP contribution is 2.28. The standard InChI is InChI=1S/C16H25N3O3/c1-4-19(2,3)10-9-17-15(21)13-14(20)11-7-5-6-8-12(11)18-16(13)22/h4-10H2,1-3H3,(H2-,17,18,20,21,22)/p+1. The van der Waals surface area contributed by atoms with Crippen molar-refractivity contribution in [1.82, 2.24) is 10.3 Å². The molecule has 0 bridgehead atoms. The largest absolute Gasteiger partial charge is 0.507 e. The molecule has 0 radical (unpaired) electrons. The third-order valence-corrected chi connectivity index (χ3v) is 4.57. The average molecular weight is 308 g/mol. The Morgan fingerprint density at radius 2 is 2.00 bits per heavy atom. The fourth-order valence-corrected chi connectivity index (χ4v) is 2.69. The highest BCUT2D eigenvalue weighted by Gasteiger charge is 2.24. The number of aromatic amines is 1. The van der Waals surface area contributed by atoms with Gasteiger partial charge in [-0.3, -0.25) is 9.59 Å². The monoisotopic (exact) mass is 308 g/mol. The second-order valence-electron chi connectivity index (χ2n) is 6.57. The van der Waals surface area contributed by atoms with Crippen molar-refractivity contribution in [3.05, 3.63) is 27.2 Å². The number of rotatable bonds is 5. The highest BCUT2D eigenvalue weighted by atomic mass is 16.3. The van der Waals surface area contributed by atoms with Crippen LogP contribution in [0, 0.1) is 0 Å². The van der Waals surface area contributed by atoms with E-state index in [1.54, 1.807) is 0 Å². The number of H-pyrrole nitrogens is 1. The van der Waals surface area contributed by atoms with Crippen molar-refractivity contribution in [3.63, 3.8) is 0 Å². The summed E-state index contributed by atoms with van der Waals surface area (Å²) in [6, 6.07) is 0. The van der Waals surface area contributed by atoms with E-state index in [9.17, 15) is 14.7 Å². The first-order chi connectivity index (χ1) is 10.4. The molecule has 1 heterocycles. The molecule has 0 saturated carbocycles. The van der Waals surface area contributed by atoms with Gasteiger partial charge in [-0.2, -0.15) is 0 Å². The number of aromatic hydroxyl groups is 1. The first-order valence-electron chi connectivity index (χ1n) is 7.93. The van der Waals surface area contributed by atoms with Crippen molar-refractivity contribution in [2.45, 2.75) is 32.6 Å². The third kappa shape index (κ3) is 3.50. The summed E-state index contributed by atoms with van der Waals surface area (Å²) in [5, 5.41) is 13.0. The fraction of sp³-hybridized carbons (Fsp3) is 0.625. The number of quaternary nitrogens is 1. The van der Waals surface area contributed by atoms with Gasteiger partial charge in [-0.25, -0.2) is 0 Å². The van der Waals surface area contributed by atoms with E-state index in [1.807, 2.05) is 0 Å². The lowest BCUT2D eigenvalue weighted by Gasteiger charge is -2.28. The molecular formula is C16H26N3O3+. The molecule has 122 valence electrons. The molecule has 0 aromatic carbocycles. The first-order valence-corrected chi connectivity index (χ1v) is 7.93. The van der Waals surface area contributed by atoms with E-state index in [1.165, 1.54) is 0 Å². The Morgan fingerprint density at radius 3 is 2.68 bits per heavy atom.